The van der Waals surface area contributed by atoms with Crippen molar-refractivity contribution in [1.29, 1.82) is 0 Å². The molecule has 1 fully saturated rings. The lowest BCUT2D eigenvalue weighted by atomic mass is 9.90. The maximum atomic E-state index is 12.5. The number of rotatable bonds is 6. The lowest BCUT2D eigenvalue weighted by Gasteiger charge is -2.29. The van der Waals surface area contributed by atoms with E-state index in [9.17, 15) is 14.4 Å². The Hall–Kier alpha value is -2.37. The Labute approximate surface area is 147 Å². The molecule has 1 saturated heterocycles. The van der Waals surface area contributed by atoms with Gasteiger partial charge in [0.25, 0.3) is 0 Å². The van der Waals surface area contributed by atoms with Gasteiger partial charge < -0.3 is 14.2 Å². The van der Waals surface area contributed by atoms with Crippen LogP contribution in [0.5, 0.6) is 0 Å². The lowest BCUT2D eigenvalue weighted by molar-refractivity contribution is -0.182. The van der Waals surface area contributed by atoms with Gasteiger partial charge in [0.15, 0.2) is 11.7 Å². The van der Waals surface area contributed by atoms with Crippen LogP contribution >= 0.6 is 0 Å². The zero-order valence-electron chi connectivity index (χ0n) is 15.0. The predicted octanol–water partition coefficient (Wildman–Crippen LogP) is 2.74. The number of ether oxygens (including phenoxy) is 3. The minimum Gasteiger partial charge on any atom is -0.461 e. The van der Waals surface area contributed by atoms with Crippen LogP contribution in [-0.2, 0) is 34.2 Å². The Morgan fingerprint density at radius 3 is 2.44 bits per heavy atom. The number of benzene rings is 1. The van der Waals surface area contributed by atoms with Crippen molar-refractivity contribution in [2.45, 2.75) is 52.2 Å². The average Bonchev–Trinajstić information content (AvgIpc) is 2.97. The molecule has 0 N–H and O–H groups in total. The van der Waals surface area contributed by atoms with E-state index in [1.165, 1.54) is 6.92 Å². The topological polar surface area (TPSA) is 78.9 Å². The third-order valence-electron chi connectivity index (χ3n) is 4.54. The monoisotopic (exact) mass is 348 g/mol. The highest BCUT2D eigenvalue weighted by molar-refractivity contribution is 5.82. The van der Waals surface area contributed by atoms with Crippen LogP contribution in [0.25, 0.3) is 0 Å². The van der Waals surface area contributed by atoms with Crippen LogP contribution in [0.4, 0.5) is 0 Å². The summed E-state index contributed by atoms with van der Waals surface area (Å²) in [7, 11) is 0. The summed E-state index contributed by atoms with van der Waals surface area (Å²) >= 11 is 0. The minimum atomic E-state index is -1.18. The van der Waals surface area contributed by atoms with Crippen molar-refractivity contribution >= 4 is 17.9 Å². The highest BCUT2D eigenvalue weighted by Gasteiger charge is 2.47. The molecule has 2 unspecified atom stereocenters. The summed E-state index contributed by atoms with van der Waals surface area (Å²) in [5.41, 5.74) is -1.20. The van der Waals surface area contributed by atoms with Crippen molar-refractivity contribution < 1.29 is 28.6 Å². The molecular formula is C19H24O6. The van der Waals surface area contributed by atoms with Gasteiger partial charge in [-0.2, -0.15) is 0 Å². The highest BCUT2D eigenvalue weighted by atomic mass is 16.6. The largest absolute Gasteiger partial charge is 0.461 e. The molecule has 0 aliphatic carbocycles. The Bertz CT molecular complexity index is 651. The van der Waals surface area contributed by atoms with Gasteiger partial charge in [0, 0.05) is 0 Å². The first-order chi connectivity index (χ1) is 11.7. The second kappa shape index (κ2) is 7.25. The van der Waals surface area contributed by atoms with Crippen LogP contribution in [0.2, 0.25) is 0 Å². The van der Waals surface area contributed by atoms with Gasteiger partial charge in [-0.1, -0.05) is 37.3 Å². The lowest BCUT2D eigenvalue weighted by Crippen LogP contribution is -2.39. The molecule has 1 aromatic rings. The van der Waals surface area contributed by atoms with E-state index in [-0.39, 0.29) is 13.0 Å². The number of hydrogen-bond acceptors (Lipinski definition) is 6. The van der Waals surface area contributed by atoms with E-state index in [4.69, 9.17) is 14.2 Å². The van der Waals surface area contributed by atoms with Crippen molar-refractivity contribution in [1.82, 2.24) is 0 Å². The Morgan fingerprint density at radius 1 is 1.28 bits per heavy atom. The average molecular weight is 348 g/mol. The first kappa shape index (κ1) is 19.0. The van der Waals surface area contributed by atoms with E-state index in [2.05, 4.69) is 0 Å². The van der Waals surface area contributed by atoms with Crippen molar-refractivity contribution in [2.75, 3.05) is 6.61 Å². The molecule has 2 rings (SSSR count). The number of esters is 3. The zero-order chi connectivity index (χ0) is 18.7. The first-order valence-corrected chi connectivity index (χ1v) is 8.35. The molecule has 0 aromatic heterocycles. The van der Waals surface area contributed by atoms with Gasteiger partial charge >= 0.3 is 17.9 Å². The molecular weight excluding hydrogens is 324 g/mol. The van der Waals surface area contributed by atoms with Crippen LogP contribution in [0.1, 0.15) is 46.1 Å². The first-order valence-electron chi connectivity index (χ1n) is 8.35. The second-order valence-electron chi connectivity index (χ2n) is 6.90. The maximum absolute atomic E-state index is 12.5. The molecule has 6 nitrogen and oxygen atoms in total. The number of carbonyl (C=O) groups excluding carboxylic acids is 3. The molecule has 1 aromatic carbocycles. The van der Waals surface area contributed by atoms with E-state index in [0.29, 0.717) is 12.0 Å². The molecule has 0 saturated carbocycles. The third kappa shape index (κ3) is 4.18. The van der Waals surface area contributed by atoms with E-state index < -0.39 is 35.0 Å². The Morgan fingerprint density at radius 2 is 1.92 bits per heavy atom. The molecule has 136 valence electrons. The summed E-state index contributed by atoms with van der Waals surface area (Å²) in [5.74, 6) is -1.61. The van der Waals surface area contributed by atoms with Gasteiger partial charge in [-0.15, -0.1) is 0 Å². The molecule has 0 amide bonds. The van der Waals surface area contributed by atoms with Crippen molar-refractivity contribution in [3.8, 4) is 0 Å². The Balaban J connectivity index is 2.13. The van der Waals surface area contributed by atoms with Gasteiger partial charge in [-0.3, -0.25) is 9.59 Å². The molecule has 6 heteroatoms. The van der Waals surface area contributed by atoms with Gasteiger partial charge in [-0.05, 0) is 32.8 Å². The van der Waals surface area contributed by atoms with Crippen molar-refractivity contribution in [2.24, 2.45) is 5.41 Å². The molecule has 1 aliphatic heterocycles. The minimum absolute atomic E-state index is 0.0529. The van der Waals surface area contributed by atoms with Gasteiger partial charge in [0.2, 0.25) is 0 Å². The summed E-state index contributed by atoms with van der Waals surface area (Å²) in [6.45, 7) is 6.78. The van der Waals surface area contributed by atoms with Crippen molar-refractivity contribution in [3.63, 3.8) is 0 Å². The summed E-state index contributed by atoms with van der Waals surface area (Å²) in [5, 5.41) is 0. The molecule has 1 heterocycles. The molecule has 1 aliphatic rings. The maximum Gasteiger partial charge on any atom is 0.348 e. The van der Waals surface area contributed by atoms with Gasteiger partial charge in [0.1, 0.15) is 6.61 Å². The standard InChI is InChI=1S/C19H24O6/c1-5-18(3,4)17(22)24-13(2)16(21)25-19(11-15(20)23-12-19)14-9-7-6-8-10-14/h6-10,13H,5,11-12H2,1-4H3. The predicted molar refractivity (Wildman–Crippen MR) is 89.4 cm³/mol. The summed E-state index contributed by atoms with van der Waals surface area (Å²) in [4.78, 5) is 36.2. The van der Waals surface area contributed by atoms with Gasteiger partial charge in [0.05, 0.1) is 11.8 Å². The smallest absolute Gasteiger partial charge is 0.348 e. The molecule has 0 bridgehead atoms. The highest BCUT2D eigenvalue weighted by Crippen LogP contribution is 2.36. The normalized spacial score (nSPS) is 21.4. The number of cyclic esters (lactones) is 1. The molecule has 2 atom stereocenters. The molecule has 25 heavy (non-hydrogen) atoms. The van der Waals surface area contributed by atoms with E-state index in [1.807, 2.05) is 13.0 Å². The zero-order valence-corrected chi connectivity index (χ0v) is 15.0. The fourth-order valence-corrected chi connectivity index (χ4v) is 2.37. The second-order valence-corrected chi connectivity index (χ2v) is 6.90. The third-order valence-corrected chi connectivity index (χ3v) is 4.54. The number of carbonyl (C=O) groups is 3. The van der Waals surface area contributed by atoms with Crippen LogP contribution < -0.4 is 0 Å². The molecule has 0 radical (unpaired) electrons. The van der Waals surface area contributed by atoms with Crippen LogP contribution in [0, 0.1) is 5.41 Å². The fraction of sp³-hybridized carbons (Fsp3) is 0.526. The summed E-state index contributed by atoms with van der Waals surface area (Å²) < 4.78 is 15.9. The SMILES string of the molecule is CCC(C)(C)C(=O)OC(C)C(=O)OC1(c2ccccc2)COC(=O)C1. The quantitative estimate of drug-likeness (QED) is 0.581. The molecule has 0 spiro atoms. The van der Waals surface area contributed by atoms with Crippen LogP contribution in [0.15, 0.2) is 30.3 Å². The van der Waals surface area contributed by atoms with E-state index in [1.54, 1.807) is 38.1 Å². The summed E-state index contributed by atoms with van der Waals surface area (Å²) in [6, 6.07) is 8.95. The van der Waals surface area contributed by atoms with Crippen LogP contribution in [0.3, 0.4) is 0 Å². The van der Waals surface area contributed by atoms with Crippen LogP contribution in [-0.4, -0.2) is 30.6 Å². The fourth-order valence-electron chi connectivity index (χ4n) is 2.37. The Kier molecular flexibility index (Phi) is 5.50. The van der Waals surface area contributed by atoms with Gasteiger partial charge in [-0.25, -0.2) is 4.79 Å². The summed E-state index contributed by atoms with van der Waals surface area (Å²) in [6.07, 6.45) is -0.553. The van der Waals surface area contributed by atoms with E-state index in [0.717, 1.165) is 0 Å². The van der Waals surface area contributed by atoms with Crippen molar-refractivity contribution in [3.05, 3.63) is 35.9 Å². The van der Waals surface area contributed by atoms with E-state index >= 15 is 0 Å². The number of hydrogen-bond donors (Lipinski definition) is 0.